The van der Waals surface area contributed by atoms with E-state index in [1.165, 1.54) is 7.11 Å². The third kappa shape index (κ3) is 5.04. The highest BCUT2D eigenvalue weighted by Gasteiger charge is 2.37. The maximum Gasteiger partial charge on any atom is 0.336 e. The predicted octanol–water partition coefficient (Wildman–Crippen LogP) is 3.34. The van der Waals surface area contributed by atoms with Gasteiger partial charge in [0.05, 0.1) is 0 Å². The van der Waals surface area contributed by atoms with Crippen LogP contribution >= 0.6 is 0 Å². The van der Waals surface area contributed by atoms with E-state index < -0.39 is 11.8 Å². The fraction of sp³-hybridized carbons (Fsp3) is 0.476. The summed E-state index contributed by atoms with van der Waals surface area (Å²) in [5.74, 6) is -1.97. The maximum absolute atomic E-state index is 12.1. The van der Waals surface area contributed by atoms with Crippen molar-refractivity contribution >= 4 is 18.2 Å². The molecule has 0 aromatic heterocycles. The second-order valence-corrected chi connectivity index (χ2v) is 7.12. The molecule has 0 unspecified atom stereocenters. The molecule has 2 aliphatic rings. The first-order valence-electron chi connectivity index (χ1n) is 8.89. The highest BCUT2D eigenvalue weighted by atomic mass is 16.7. The molecule has 0 spiro atoms. The Morgan fingerprint density at radius 3 is 2.48 bits per heavy atom. The number of carbonyl (C=O) groups is 3. The highest BCUT2D eigenvalue weighted by molar-refractivity contribution is 5.91. The standard InChI is InChI=1S/C21H26O6/c1-13(2)17(12-22)7-6-16-9-18(26-20(16)24)8-14(3)10-21(25-5)11-15(4)19(23)27-21/h9-12,18H,6-8H2,1-5H3/b14-10+/t18-,21-/m1/s1. The minimum atomic E-state index is -1.21. The average molecular weight is 374 g/mol. The first-order valence-corrected chi connectivity index (χ1v) is 8.89. The van der Waals surface area contributed by atoms with Crippen LogP contribution in [0.25, 0.3) is 0 Å². The van der Waals surface area contributed by atoms with E-state index in [-0.39, 0.29) is 12.1 Å². The van der Waals surface area contributed by atoms with Crippen molar-refractivity contribution in [3.8, 4) is 0 Å². The van der Waals surface area contributed by atoms with Gasteiger partial charge in [-0.25, -0.2) is 9.59 Å². The van der Waals surface area contributed by atoms with Gasteiger partial charge in [-0.2, -0.15) is 0 Å². The van der Waals surface area contributed by atoms with Gasteiger partial charge in [0.2, 0.25) is 0 Å². The molecule has 0 aliphatic carbocycles. The predicted molar refractivity (Wildman–Crippen MR) is 99.6 cm³/mol. The number of hydrogen-bond donors (Lipinski definition) is 0. The Bertz CT molecular complexity index is 764. The van der Waals surface area contributed by atoms with Crippen LogP contribution < -0.4 is 0 Å². The number of allylic oxidation sites excluding steroid dienone is 2. The molecule has 0 saturated carbocycles. The molecular weight excluding hydrogens is 348 g/mol. The molecule has 2 heterocycles. The smallest absolute Gasteiger partial charge is 0.336 e. The molecule has 2 aliphatic heterocycles. The number of aldehydes is 1. The van der Waals surface area contributed by atoms with Crippen LogP contribution in [0.5, 0.6) is 0 Å². The molecule has 6 heteroatoms. The van der Waals surface area contributed by atoms with Crippen molar-refractivity contribution in [1.29, 1.82) is 0 Å². The molecule has 0 N–H and O–H groups in total. The van der Waals surface area contributed by atoms with Crippen molar-refractivity contribution in [2.24, 2.45) is 0 Å². The van der Waals surface area contributed by atoms with Crippen LogP contribution in [-0.2, 0) is 28.6 Å². The molecule has 2 atom stereocenters. The van der Waals surface area contributed by atoms with Crippen LogP contribution in [0.2, 0.25) is 0 Å². The number of ether oxygens (including phenoxy) is 3. The summed E-state index contributed by atoms with van der Waals surface area (Å²) in [6, 6.07) is 0. The Morgan fingerprint density at radius 1 is 1.26 bits per heavy atom. The largest absolute Gasteiger partial charge is 0.454 e. The first kappa shape index (κ1) is 20.8. The summed E-state index contributed by atoms with van der Waals surface area (Å²) in [4.78, 5) is 34.8. The number of cyclic esters (lactones) is 2. The molecule has 0 saturated heterocycles. The van der Waals surface area contributed by atoms with Gasteiger partial charge in [-0.15, -0.1) is 0 Å². The second-order valence-electron chi connectivity index (χ2n) is 7.12. The summed E-state index contributed by atoms with van der Waals surface area (Å²) < 4.78 is 16.1. The molecule has 0 aromatic rings. The fourth-order valence-electron chi connectivity index (χ4n) is 3.09. The Morgan fingerprint density at radius 2 is 1.96 bits per heavy atom. The Labute approximate surface area is 159 Å². The van der Waals surface area contributed by atoms with Crippen molar-refractivity contribution in [3.05, 3.63) is 46.1 Å². The summed E-state index contributed by atoms with van der Waals surface area (Å²) in [7, 11) is 1.47. The van der Waals surface area contributed by atoms with Gasteiger partial charge in [-0.1, -0.05) is 11.1 Å². The lowest BCUT2D eigenvalue weighted by Gasteiger charge is -2.22. The zero-order valence-corrected chi connectivity index (χ0v) is 16.5. The summed E-state index contributed by atoms with van der Waals surface area (Å²) in [5, 5.41) is 0. The van der Waals surface area contributed by atoms with Crippen LogP contribution in [0.15, 0.2) is 46.1 Å². The zero-order valence-electron chi connectivity index (χ0n) is 16.5. The number of esters is 2. The van der Waals surface area contributed by atoms with Gasteiger partial charge in [0.15, 0.2) is 0 Å². The molecule has 0 aromatic carbocycles. The summed E-state index contributed by atoms with van der Waals surface area (Å²) in [6.45, 7) is 7.28. The number of methoxy groups -OCH3 is 1. The fourth-order valence-corrected chi connectivity index (χ4v) is 3.09. The van der Waals surface area contributed by atoms with Crippen molar-refractivity contribution in [3.63, 3.8) is 0 Å². The van der Waals surface area contributed by atoms with Gasteiger partial charge < -0.3 is 14.2 Å². The molecule has 0 bridgehead atoms. The van der Waals surface area contributed by atoms with Gasteiger partial charge >= 0.3 is 11.9 Å². The van der Waals surface area contributed by atoms with Crippen LogP contribution in [0.3, 0.4) is 0 Å². The van der Waals surface area contributed by atoms with E-state index in [0.717, 1.165) is 17.4 Å². The van der Waals surface area contributed by atoms with E-state index in [0.29, 0.717) is 36.0 Å². The molecule has 2 rings (SSSR count). The summed E-state index contributed by atoms with van der Waals surface area (Å²) in [6.07, 6.45) is 7.05. The van der Waals surface area contributed by atoms with E-state index in [1.54, 1.807) is 25.2 Å². The topological polar surface area (TPSA) is 78.9 Å². The second kappa shape index (κ2) is 8.48. The van der Waals surface area contributed by atoms with Gasteiger partial charge in [0, 0.05) is 30.8 Å². The molecule has 146 valence electrons. The lowest BCUT2D eigenvalue weighted by atomic mass is 10.0. The van der Waals surface area contributed by atoms with E-state index in [9.17, 15) is 14.4 Å². The number of rotatable bonds is 8. The number of carbonyl (C=O) groups excluding carboxylic acids is 3. The molecule has 0 amide bonds. The third-order valence-corrected chi connectivity index (χ3v) is 4.64. The molecule has 0 fully saturated rings. The van der Waals surface area contributed by atoms with Crippen LogP contribution in [-0.4, -0.2) is 37.2 Å². The summed E-state index contributed by atoms with van der Waals surface area (Å²) >= 11 is 0. The normalized spacial score (nSPS) is 24.9. The molecule has 6 nitrogen and oxygen atoms in total. The Balaban J connectivity index is 2.04. The lowest BCUT2D eigenvalue weighted by Crippen LogP contribution is -2.28. The van der Waals surface area contributed by atoms with Gasteiger partial charge in [-0.3, -0.25) is 4.79 Å². The minimum absolute atomic E-state index is 0.351. The Kier molecular flexibility index (Phi) is 6.54. The van der Waals surface area contributed by atoms with Gasteiger partial charge in [-0.05, 0) is 58.3 Å². The van der Waals surface area contributed by atoms with Crippen molar-refractivity contribution < 1.29 is 28.6 Å². The van der Waals surface area contributed by atoms with E-state index in [2.05, 4.69) is 0 Å². The van der Waals surface area contributed by atoms with Crippen molar-refractivity contribution in [2.75, 3.05) is 7.11 Å². The molecule has 0 radical (unpaired) electrons. The molecular formula is C21H26O6. The van der Waals surface area contributed by atoms with Crippen molar-refractivity contribution in [2.45, 2.75) is 58.8 Å². The van der Waals surface area contributed by atoms with Crippen LogP contribution in [0.4, 0.5) is 0 Å². The quantitative estimate of drug-likeness (QED) is 0.281. The molecule has 27 heavy (non-hydrogen) atoms. The summed E-state index contributed by atoms with van der Waals surface area (Å²) in [5.41, 5.74) is 3.59. The minimum Gasteiger partial charge on any atom is -0.454 e. The number of hydrogen-bond acceptors (Lipinski definition) is 6. The monoisotopic (exact) mass is 374 g/mol. The lowest BCUT2D eigenvalue weighted by molar-refractivity contribution is -0.173. The van der Waals surface area contributed by atoms with E-state index in [1.807, 2.05) is 20.8 Å². The first-order chi connectivity index (χ1) is 12.7. The van der Waals surface area contributed by atoms with Crippen LogP contribution in [0.1, 0.15) is 47.0 Å². The van der Waals surface area contributed by atoms with E-state index in [4.69, 9.17) is 14.2 Å². The van der Waals surface area contributed by atoms with Crippen molar-refractivity contribution in [1.82, 2.24) is 0 Å². The maximum atomic E-state index is 12.1. The van der Waals surface area contributed by atoms with Crippen LogP contribution in [0, 0.1) is 0 Å². The van der Waals surface area contributed by atoms with E-state index >= 15 is 0 Å². The van der Waals surface area contributed by atoms with Gasteiger partial charge in [0.1, 0.15) is 12.4 Å². The highest BCUT2D eigenvalue weighted by Crippen LogP contribution is 2.30. The van der Waals surface area contributed by atoms with Gasteiger partial charge in [0.25, 0.3) is 5.79 Å². The SMILES string of the molecule is CO[C@@]1(/C=C(\C)C[C@@H]2C=C(CCC(C=O)=C(C)C)C(=O)O2)C=C(C)C(=O)O1. The average Bonchev–Trinajstić information content (AvgIpc) is 3.07. The third-order valence-electron chi connectivity index (χ3n) is 4.64. The Hall–Kier alpha value is -2.47. The zero-order chi connectivity index (χ0) is 20.2.